The van der Waals surface area contributed by atoms with E-state index in [1.165, 1.54) is 4.90 Å². The molecule has 6 heteroatoms. The van der Waals surface area contributed by atoms with Crippen molar-refractivity contribution in [1.82, 2.24) is 9.80 Å². The topological polar surface area (TPSA) is 59.1 Å². The number of morpholine rings is 1. The van der Waals surface area contributed by atoms with Gasteiger partial charge < -0.3 is 19.3 Å². The summed E-state index contributed by atoms with van der Waals surface area (Å²) in [6.45, 7) is 2.79. The number of carbonyl (C=O) groups excluding carboxylic acids is 2. The summed E-state index contributed by atoms with van der Waals surface area (Å²) in [5, 5.41) is 0. The fraction of sp³-hybridized carbons (Fsp3) is 0.333. The zero-order valence-corrected chi connectivity index (χ0v) is 15.5. The second-order valence-electron chi connectivity index (χ2n) is 6.45. The van der Waals surface area contributed by atoms with Crippen molar-refractivity contribution in [3.05, 3.63) is 65.7 Å². The van der Waals surface area contributed by atoms with Crippen LogP contribution in [0.15, 0.2) is 54.6 Å². The molecule has 0 spiro atoms. The molecule has 0 unspecified atom stereocenters. The second kappa shape index (κ2) is 9.19. The summed E-state index contributed by atoms with van der Waals surface area (Å²) < 4.78 is 11.0. The van der Waals surface area contributed by atoms with Crippen LogP contribution in [-0.2, 0) is 16.1 Å². The summed E-state index contributed by atoms with van der Waals surface area (Å²) in [7, 11) is 1.64. The molecule has 1 aliphatic heterocycles. The van der Waals surface area contributed by atoms with Gasteiger partial charge in [-0.15, -0.1) is 0 Å². The van der Waals surface area contributed by atoms with Gasteiger partial charge in [-0.25, -0.2) is 0 Å². The lowest BCUT2D eigenvalue weighted by atomic mass is 10.2. The standard InChI is InChI=1S/C21H24N2O4/c1-22(15-20(24)23-11-13-26-14-12-23)21(25)18-7-9-19(10-8-18)27-16-17-5-3-2-4-6-17/h2-10H,11-16H2,1H3. The van der Waals surface area contributed by atoms with Crippen molar-refractivity contribution < 1.29 is 19.1 Å². The SMILES string of the molecule is CN(CC(=O)N1CCOCC1)C(=O)c1ccc(OCc2ccccc2)cc1. The Bertz CT molecular complexity index is 756. The number of hydrogen-bond donors (Lipinski definition) is 0. The molecule has 0 N–H and O–H groups in total. The maximum absolute atomic E-state index is 12.5. The average Bonchev–Trinajstić information content (AvgIpc) is 2.73. The van der Waals surface area contributed by atoms with Crippen LogP contribution in [0.4, 0.5) is 0 Å². The smallest absolute Gasteiger partial charge is 0.254 e. The lowest BCUT2D eigenvalue weighted by molar-refractivity contribution is -0.135. The third kappa shape index (κ3) is 5.31. The molecule has 0 bridgehead atoms. The van der Waals surface area contributed by atoms with E-state index in [4.69, 9.17) is 9.47 Å². The summed E-state index contributed by atoms with van der Waals surface area (Å²) in [6.07, 6.45) is 0. The minimum absolute atomic E-state index is 0.0584. The Morgan fingerprint density at radius 1 is 1.04 bits per heavy atom. The van der Waals surface area contributed by atoms with Gasteiger partial charge in [-0.3, -0.25) is 9.59 Å². The average molecular weight is 368 g/mol. The highest BCUT2D eigenvalue weighted by Gasteiger charge is 2.21. The van der Waals surface area contributed by atoms with Crippen molar-refractivity contribution in [2.75, 3.05) is 39.9 Å². The van der Waals surface area contributed by atoms with E-state index >= 15 is 0 Å². The number of likely N-dealkylation sites (N-methyl/N-ethyl adjacent to an activating group) is 1. The molecule has 1 heterocycles. The predicted molar refractivity (Wildman–Crippen MR) is 102 cm³/mol. The zero-order chi connectivity index (χ0) is 19.1. The van der Waals surface area contributed by atoms with Gasteiger partial charge in [0.25, 0.3) is 5.91 Å². The van der Waals surface area contributed by atoms with Gasteiger partial charge in [0.15, 0.2) is 0 Å². The number of nitrogens with zero attached hydrogens (tertiary/aromatic N) is 2. The van der Waals surface area contributed by atoms with Crippen LogP contribution in [0.25, 0.3) is 0 Å². The number of amides is 2. The molecule has 0 saturated carbocycles. The van der Waals surface area contributed by atoms with E-state index in [1.54, 1.807) is 36.2 Å². The highest BCUT2D eigenvalue weighted by Crippen LogP contribution is 2.15. The van der Waals surface area contributed by atoms with Gasteiger partial charge in [0.05, 0.1) is 19.8 Å². The Morgan fingerprint density at radius 2 is 1.70 bits per heavy atom. The fourth-order valence-corrected chi connectivity index (χ4v) is 2.84. The normalized spacial score (nSPS) is 13.9. The monoisotopic (exact) mass is 368 g/mol. The zero-order valence-electron chi connectivity index (χ0n) is 15.5. The van der Waals surface area contributed by atoms with Crippen LogP contribution in [-0.4, -0.2) is 61.5 Å². The van der Waals surface area contributed by atoms with Crippen molar-refractivity contribution in [3.63, 3.8) is 0 Å². The van der Waals surface area contributed by atoms with Crippen LogP contribution in [0.3, 0.4) is 0 Å². The van der Waals surface area contributed by atoms with E-state index in [1.807, 2.05) is 30.3 Å². The number of carbonyl (C=O) groups is 2. The maximum atomic E-state index is 12.5. The van der Waals surface area contributed by atoms with Gasteiger partial charge in [0, 0.05) is 25.7 Å². The van der Waals surface area contributed by atoms with Crippen molar-refractivity contribution in [3.8, 4) is 5.75 Å². The first-order chi connectivity index (χ1) is 13.1. The van der Waals surface area contributed by atoms with E-state index in [0.717, 1.165) is 5.56 Å². The van der Waals surface area contributed by atoms with Crippen LogP contribution < -0.4 is 4.74 Å². The molecule has 1 aliphatic rings. The van der Waals surface area contributed by atoms with E-state index in [-0.39, 0.29) is 18.4 Å². The van der Waals surface area contributed by atoms with Crippen molar-refractivity contribution in [2.45, 2.75) is 6.61 Å². The van der Waals surface area contributed by atoms with Gasteiger partial charge in [-0.1, -0.05) is 30.3 Å². The number of hydrogen-bond acceptors (Lipinski definition) is 4. The lowest BCUT2D eigenvalue weighted by Crippen LogP contribution is -2.46. The molecule has 0 atom stereocenters. The van der Waals surface area contributed by atoms with Gasteiger partial charge >= 0.3 is 0 Å². The largest absolute Gasteiger partial charge is 0.489 e. The molecule has 3 rings (SSSR count). The summed E-state index contributed by atoms with van der Waals surface area (Å²) in [6, 6.07) is 16.9. The molecule has 1 fully saturated rings. The lowest BCUT2D eigenvalue weighted by Gasteiger charge is -2.28. The molecule has 2 aromatic rings. The Morgan fingerprint density at radius 3 is 2.37 bits per heavy atom. The molecule has 0 aromatic heterocycles. The van der Waals surface area contributed by atoms with Crippen LogP contribution >= 0.6 is 0 Å². The van der Waals surface area contributed by atoms with Crippen LogP contribution in [0.1, 0.15) is 15.9 Å². The Balaban J connectivity index is 1.52. The Kier molecular flexibility index (Phi) is 6.44. The molecule has 1 saturated heterocycles. The quantitative estimate of drug-likeness (QED) is 0.784. The van der Waals surface area contributed by atoms with Crippen LogP contribution in [0, 0.1) is 0 Å². The van der Waals surface area contributed by atoms with Gasteiger partial charge in [0.2, 0.25) is 5.91 Å². The molecule has 142 valence electrons. The first-order valence-electron chi connectivity index (χ1n) is 9.01. The minimum Gasteiger partial charge on any atom is -0.489 e. The van der Waals surface area contributed by atoms with E-state index < -0.39 is 0 Å². The second-order valence-corrected chi connectivity index (χ2v) is 6.45. The maximum Gasteiger partial charge on any atom is 0.254 e. The van der Waals surface area contributed by atoms with E-state index in [9.17, 15) is 9.59 Å². The minimum atomic E-state index is -0.189. The number of rotatable bonds is 6. The van der Waals surface area contributed by atoms with E-state index in [2.05, 4.69) is 0 Å². The third-order valence-corrected chi connectivity index (χ3v) is 4.43. The first-order valence-corrected chi connectivity index (χ1v) is 9.01. The first kappa shape index (κ1) is 18.9. The van der Waals surface area contributed by atoms with E-state index in [0.29, 0.717) is 44.2 Å². The fourth-order valence-electron chi connectivity index (χ4n) is 2.84. The van der Waals surface area contributed by atoms with Crippen LogP contribution in [0.2, 0.25) is 0 Å². The molecule has 2 aromatic carbocycles. The van der Waals surface area contributed by atoms with Crippen molar-refractivity contribution in [2.24, 2.45) is 0 Å². The summed E-state index contributed by atoms with van der Waals surface area (Å²) >= 11 is 0. The number of benzene rings is 2. The molecule has 6 nitrogen and oxygen atoms in total. The molecular weight excluding hydrogens is 344 g/mol. The summed E-state index contributed by atoms with van der Waals surface area (Å²) in [4.78, 5) is 28.0. The van der Waals surface area contributed by atoms with Crippen LogP contribution in [0.5, 0.6) is 5.75 Å². The third-order valence-electron chi connectivity index (χ3n) is 4.43. The Labute approximate surface area is 159 Å². The molecule has 2 amide bonds. The summed E-state index contributed by atoms with van der Waals surface area (Å²) in [5.74, 6) is 0.450. The van der Waals surface area contributed by atoms with Gasteiger partial charge in [0.1, 0.15) is 12.4 Å². The molecule has 0 aliphatic carbocycles. The molecule has 0 radical (unpaired) electrons. The molecular formula is C21H24N2O4. The van der Waals surface area contributed by atoms with Gasteiger partial charge in [-0.2, -0.15) is 0 Å². The number of ether oxygens (including phenoxy) is 2. The van der Waals surface area contributed by atoms with Gasteiger partial charge in [-0.05, 0) is 29.8 Å². The Hall–Kier alpha value is -2.86. The van der Waals surface area contributed by atoms with Crippen molar-refractivity contribution >= 4 is 11.8 Å². The molecule has 27 heavy (non-hydrogen) atoms. The van der Waals surface area contributed by atoms with Crippen molar-refractivity contribution in [1.29, 1.82) is 0 Å². The highest BCUT2D eigenvalue weighted by atomic mass is 16.5. The summed E-state index contributed by atoms with van der Waals surface area (Å²) in [5.41, 5.74) is 1.61. The predicted octanol–water partition coefficient (Wildman–Crippen LogP) is 2.20. The highest BCUT2D eigenvalue weighted by molar-refractivity contribution is 5.96.